The molecule has 36 heavy (non-hydrogen) atoms. The third-order valence-corrected chi connectivity index (χ3v) is 6.79. The standard InChI is InChI=1S/C24H28ClFN4O6/c1-3-14-11-35-12-17-22-28-20(21(32)24(34)30(14)22)23(33)27-10-13-8-15(25)16(26)9-18(13)36-7-5-4-6-19(31)29(17)2/h8-9,14,17,32H,3-7,10-12H2,1-2H3,(H,27,33)/t14-,17+/m0/s1. The molecule has 4 rings (SSSR count). The molecule has 2 bridgehead atoms. The van der Waals surface area contributed by atoms with Crippen LogP contribution in [0.3, 0.4) is 0 Å². The summed E-state index contributed by atoms with van der Waals surface area (Å²) in [7, 11) is 1.59. The number of aromatic hydroxyl groups is 1. The molecule has 1 aromatic heterocycles. The predicted octanol–water partition coefficient (Wildman–Crippen LogP) is 2.71. The molecule has 2 aliphatic rings. The van der Waals surface area contributed by atoms with Gasteiger partial charge in [-0.15, -0.1) is 0 Å². The van der Waals surface area contributed by atoms with Crippen LogP contribution in [-0.4, -0.2) is 58.2 Å². The second-order valence-corrected chi connectivity index (χ2v) is 9.23. The number of hydrogen-bond acceptors (Lipinski definition) is 7. The maximum atomic E-state index is 14.1. The Balaban J connectivity index is 1.82. The third-order valence-electron chi connectivity index (χ3n) is 6.50. The first-order chi connectivity index (χ1) is 17.2. The van der Waals surface area contributed by atoms with Crippen molar-refractivity contribution in [1.29, 1.82) is 0 Å². The maximum Gasteiger partial charge on any atom is 0.296 e. The highest BCUT2D eigenvalue weighted by molar-refractivity contribution is 6.30. The number of hydrogen-bond donors (Lipinski definition) is 2. The van der Waals surface area contributed by atoms with Crippen LogP contribution in [-0.2, 0) is 16.1 Å². The summed E-state index contributed by atoms with van der Waals surface area (Å²) in [6.45, 7) is 2.25. The van der Waals surface area contributed by atoms with E-state index in [4.69, 9.17) is 21.1 Å². The highest BCUT2D eigenvalue weighted by Crippen LogP contribution is 2.30. The van der Waals surface area contributed by atoms with Gasteiger partial charge in [0.1, 0.15) is 23.4 Å². The van der Waals surface area contributed by atoms with Gasteiger partial charge in [0.25, 0.3) is 11.5 Å². The van der Waals surface area contributed by atoms with Gasteiger partial charge in [0.05, 0.1) is 30.9 Å². The van der Waals surface area contributed by atoms with E-state index in [9.17, 15) is 23.9 Å². The summed E-state index contributed by atoms with van der Waals surface area (Å²) in [5, 5.41) is 13.1. The summed E-state index contributed by atoms with van der Waals surface area (Å²) in [6, 6.07) is 1.31. The van der Waals surface area contributed by atoms with Gasteiger partial charge in [0.15, 0.2) is 5.69 Å². The van der Waals surface area contributed by atoms with Gasteiger partial charge in [0.2, 0.25) is 11.7 Å². The van der Waals surface area contributed by atoms with E-state index >= 15 is 0 Å². The zero-order valence-electron chi connectivity index (χ0n) is 20.1. The average molecular weight is 523 g/mol. The number of likely N-dealkylation sites (N-methyl/N-ethyl adjacent to an activating group) is 1. The molecule has 0 spiro atoms. The summed E-state index contributed by atoms with van der Waals surface area (Å²) in [6.07, 6.45) is 1.75. The molecule has 3 heterocycles. The number of amides is 2. The molecule has 2 amide bonds. The van der Waals surface area contributed by atoms with E-state index in [-0.39, 0.29) is 55.3 Å². The number of fused-ring (bicyclic) bond motifs is 2. The number of aromatic nitrogens is 2. The second kappa shape index (κ2) is 10.8. The lowest BCUT2D eigenvalue weighted by Crippen LogP contribution is -2.39. The number of carbonyl (C=O) groups is 2. The Morgan fingerprint density at radius 3 is 2.78 bits per heavy atom. The molecule has 0 radical (unpaired) electrons. The Morgan fingerprint density at radius 1 is 1.25 bits per heavy atom. The number of halogens is 2. The average Bonchev–Trinajstić information content (AvgIpc) is 3.04. The summed E-state index contributed by atoms with van der Waals surface area (Å²) in [5.74, 6) is -2.15. The molecule has 2 aromatic rings. The largest absolute Gasteiger partial charge is 0.501 e. The van der Waals surface area contributed by atoms with Gasteiger partial charge in [-0.2, -0.15) is 0 Å². The molecule has 0 fully saturated rings. The zero-order chi connectivity index (χ0) is 26.0. The van der Waals surface area contributed by atoms with Crippen LogP contribution in [0, 0.1) is 5.82 Å². The SMILES string of the molecule is CC[C@H]1COC[C@@H]2c3nc(c(O)c(=O)n31)C(=O)NCc1cc(Cl)c(F)cc1OCCCCC(=O)N2C. The van der Waals surface area contributed by atoms with Crippen LogP contribution in [0.2, 0.25) is 5.02 Å². The normalized spacial score (nSPS) is 21.3. The molecule has 2 aliphatic heterocycles. The van der Waals surface area contributed by atoms with Crippen LogP contribution < -0.4 is 15.6 Å². The quantitative estimate of drug-likeness (QED) is 0.590. The maximum absolute atomic E-state index is 14.1. The highest BCUT2D eigenvalue weighted by atomic mass is 35.5. The van der Waals surface area contributed by atoms with Crippen molar-refractivity contribution in [2.45, 2.75) is 51.2 Å². The first-order valence-electron chi connectivity index (χ1n) is 11.8. The molecule has 0 saturated carbocycles. The van der Waals surface area contributed by atoms with E-state index in [2.05, 4.69) is 10.3 Å². The number of nitrogens with one attached hydrogen (secondary N) is 1. The lowest BCUT2D eigenvalue weighted by molar-refractivity contribution is -0.133. The van der Waals surface area contributed by atoms with E-state index in [0.717, 1.165) is 6.07 Å². The predicted molar refractivity (Wildman–Crippen MR) is 128 cm³/mol. The lowest BCUT2D eigenvalue weighted by atomic mass is 10.1. The Bertz CT molecular complexity index is 1240. The Morgan fingerprint density at radius 2 is 2.03 bits per heavy atom. The first-order valence-corrected chi connectivity index (χ1v) is 12.2. The minimum Gasteiger partial charge on any atom is -0.501 e. The van der Waals surface area contributed by atoms with Crippen LogP contribution in [0.4, 0.5) is 4.39 Å². The van der Waals surface area contributed by atoms with Gasteiger partial charge >= 0.3 is 0 Å². The van der Waals surface area contributed by atoms with Crippen LogP contribution in [0.5, 0.6) is 11.5 Å². The Labute approximate surface area is 212 Å². The van der Waals surface area contributed by atoms with E-state index in [1.807, 2.05) is 6.92 Å². The molecule has 10 nitrogen and oxygen atoms in total. The smallest absolute Gasteiger partial charge is 0.296 e. The lowest BCUT2D eigenvalue weighted by Gasteiger charge is -2.28. The molecule has 194 valence electrons. The first kappa shape index (κ1) is 25.9. The summed E-state index contributed by atoms with van der Waals surface area (Å²) in [4.78, 5) is 45.1. The van der Waals surface area contributed by atoms with Gasteiger partial charge < -0.3 is 24.8 Å². The number of benzene rings is 1. The van der Waals surface area contributed by atoms with Crippen molar-refractivity contribution in [2.24, 2.45) is 0 Å². The molecular formula is C24H28ClFN4O6. The summed E-state index contributed by atoms with van der Waals surface area (Å²) < 4.78 is 26.9. The number of nitrogens with zero attached hydrogens (tertiary/aromatic N) is 3. The van der Waals surface area contributed by atoms with Gasteiger partial charge in [-0.3, -0.25) is 19.0 Å². The summed E-state index contributed by atoms with van der Waals surface area (Å²) >= 11 is 5.93. The minimum absolute atomic E-state index is 0.0809. The highest BCUT2D eigenvalue weighted by Gasteiger charge is 2.34. The molecule has 0 aliphatic carbocycles. The van der Waals surface area contributed by atoms with E-state index in [0.29, 0.717) is 24.8 Å². The molecule has 0 unspecified atom stereocenters. The fraction of sp³-hybridized carbons (Fsp3) is 0.500. The van der Waals surface area contributed by atoms with E-state index < -0.39 is 40.8 Å². The van der Waals surface area contributed by atoms with E-state index in [1.54, 1.807) is 7.05 Å². The zero-order valence-corrected chi connectivity index (χ0v) is 20.8. The minimum atomic E-state index is -0.822. The molecular weight excluding hydrogens is 495 g/mol. The monoisotopic (exact) mass is 522 g/mol. The summed E-state index contributed by atoms with van der Waals surface area (Å²) in [5.41, 5.74) is -0.860. The Kier molecular flexibility index (Phi) is 7.79. The fourth-order valence-corrected chi connectivity index (χ4v) is 4.54. The van der Waals surface area contributed by atoms with Crippen molar-refractivity contribution in [3.8, 4) is 11.5 Å². The third kappa shape index (κ3) is 5.03. The molecule has 2 atom stereocenters. The molecule has 0 saturated heterocycles. The molecule has 12 heteroatoms. The van der Waals surface area contributed by atoms with Crippen molar-refractivity contribution < 1.29 is 28.6 Å². The van der Waals surface area contributed by atoms with Crippen molar-refractivity contribution in [3.05, 3.63) is 50.4 Å². The number of rotatable bonds is 1. The van der Waals surface area contributed by atoms with Crippen LogP contribution in [0.1, 0.15) is 66.6 Å². The van der Waals surface area contributed by atoms with Crippen molar-refractivity contribution in [3.63, 3.8) is 0 Å². The number of ether oxygens (including phenoxy) is 2. The van der Waals surface area contributed by atoms with Gasteiger partial charge in [-0.05, 0) is 25.3 Å². The molecule has 2 N–H and O–H groups in total. The fourth-order valence-electron chi connectivity index (χ4n) is 4.35. The van der Waals surface area contributed by atoms with Crippen LogP contribution in [0.25, 0.3) is 0 Å². The van der Waals surface area contributed by atoms with Gasteiger partial charge in [0, 0.05) is 31.6 Å². The van der Waals surface area contributed by atoms with Crippen molar-refractivity contribution >= 4 is 23.4 Å². The van der Waals surface area contributed by atoms with E-state index in [1.165, 1.54) is 15.5 Å². The van der Waals surface area contributed by atoms with Crippen LogP contribution >= 0.6 is 11.6 Å². The molecule has 1 aromatic carbocycles. The Hall–Kier alpha value is -3.18. The van der Waals surface area contributed by atoms with Crippen molar-refractivity contribution in [2.75, 3.05) is 26.9 Å². The topological polar surface area (TPSA) is 123 Å². The number of carbonyl (C=O) groups excluding carboxylic acids is 2. The van der Waals surface area contributed by atoms with Gasteiger partial charge in [-0.1, -0.05) is 18.5 Å². The second-order valence-electron chi connectivity index (χ2n) is 8.82. The van der Waals surface area contributed by atoms with Crippen molar-refractivity contribution in [1.82, 2.24) is 19.8 Å². The van der Waals surface area contributed by atoms with Crippen LogP contribution in [0.15, 0.2) is 16.9 Å². The van der Waals surface area contributed by atoms with Gasteiger partial charge in [-0.25, -0.2) is 9.37 Å².